The monoisotopic (exact) mass is 447 g/mol. The topological polar surface area (TPSA) is 46.1 Å². The van der Waals surface area contributed by atoms with Gasteiger partial charge in [0.2, 0.25) is 0 Å². The Hall–Kier alpha value is -1.18. The Morgan fingerprint density at radius 3 is 2.54 bits per heavy atom. The van der Waals surface area contributed by atoms with Crippen molar-refractivity contribution in [2.24, 2.45) is 10.9 Å². The summed E-state index contributed by atoms with van der Waals surface area (Å²) in [6.45, 7) is 8.02. The smallest absolute Gasteiger partial charge is 0.194 e. The lowest BCUT2D eigenvalue weighted by molar-refractivity contribution is 0.273. The van der Waals surface area contributed by atoms with E-state index in [4.69, 9.17) is 14.5 Å². The second kappa shape index (κ2) is 10.6. The van der Waals surface area contributed by atoms with E-state index in [0.29, 0.717) is 6.54 Å². The van der Waals surface area contributed by atoms with Crippen LogP contribution in [0, 0.1) is 5.92 Å². The number of para-hydroxylation sites is 1. The minimum absolute atomic E-state index is 0. The van der Waals surface area contributed by atoms with E-state index >= 15 is 0 Å². The van der Waals surface area contributed by atoms with E-state index < -0.39 is 0 Å². The molecule has 1 heterocycles. The van der Waals surface area contributed by atoms with Crippen molar-refractivity contribution in [2.45, 2.75) is 33.2 Å². The van der Waals surface area contributed by atoms with Gasteiger partial charge in [0.05, 0.1) is 20.8 Å². The van der Waals surface area contributed by atoms with Crippen LogP contribution in [-0.2, 0) is 6.54 Å². The predicted octanol–water partition coefficient (Wildman–Crippen LogP) is 3.52. The van der Waals surface area contributed by atoms with Crippen molar-refractivity contribution in [1.29, 1.82) is 0 Å². The fraction of sp³-hybridized carbons (Fsp3) is 0.611. The normalized spacial score (nSPS) is 15.7. The summed E-state index contributed by atoms with van der Waals surface area (Å²) in [6.07, 6.45) is 2.46. The molecule has 0 saturated carbocycles. The molecule has 0 bridgehead atoms. The van der Waals surface area contributed by atoms with Gasteiger partial charge in [-0.1, -0.05) is 19.1 Å². The van der Waals surface area contributed by atoms with Crippen LogP contribution in [0.4, 0.5) is 0 Å². The first kappa shape index (κ1) is 20.9. The van der Waals surface area contributed by atoms with Gasteiger partial charge in [0.1, 0.15) is 0 Å². The van der Waals surface area contributed by atoms with Gasteiger partial charge in [0, 0.05) is 25.2 Å². The van der Waals surface area contributed by atoms with Gasteiger partial charge in [0.15, 0.2) is 17.5 Å². The average Bonchev–Trinajstić information content (AvgIpc) is 2.59. The van der Waals surface area contributed by atoms with Crippen LogP contribution >= 0.6 is 24.0 Å². The molecule has 1 fully saturated rings. The fourth-order valence-electron chi connectivity index (χ4n) is 2.88. The number of hydrogen-bond donors (Lipinski definition) is 1. The van der Waals surface area contributed by atoms with Gasteiger partial charge in [-0.25, -0.2) is 4.99 Å². The molecule has 0 spiro atoms. The van der Waals surface area contributed by atoms with E-state index in [-0.39, 0.29) is 24.0 Å². The Balaban J connectivity index is 0.00000288. The molecule has 1 aliphatic heterocycles. The first-order valence-corrected chi connectivity index (χ1v) is 8.42. The number of halogens is 1. The highest BCUT2D eigenvalue weighted by atomic mass is 127. The second-order valence-electron chi connectivity index (χ2n) is 5.99. The second-order valence-corrected chi connectivity index (χ2v) is 5.99. The van der Waals surface area contributed by atoms with Crippen molar-refractivity contribution in [3.63, 3.8) is 0 Å². The summed E-state index contributed by atoms with van der Waals surface area (Å²) >= 11 is 0. The number of methoxy groups -OCH3 is 2. The summed E-state index contributed by atoms with van der Waals surface area (Å²) < 4.78 is 10.9. The third-order valence-corrected chi connectivity index (χ3v) is 4.30. The van der Waals surface area contributed by atoms with Gasteiger partial charge < -0.3 is 19.7 Å². The summed E-state index contributed by atoms with van der Waals surface area (Å²) in [5.41, 5.74) is 1.03. The molecule has 24 heavy (non-hydrogen) atoms. The number of piperidine rings is 1. The SMILES string of the molecule is CCNC(=NCc1cccc(OC)c1OC)N1CCC(C)CC1.I. The van der Waals surface area contributed by atoms with Crippen molar-refractivity contribution in [2.75, 3.05) is 33.9 Å². The largest absolute Gasteiger partial charge is 0.493 e. The molecule has 0 amide bonds. The Labute approximate surface area is 162 Å². The maximum atomic E-state index is 5.49. The first-order chi connectivity index (χ1) is 11.2. The summed E-state index contributed by atoms with van der Waals surface area (Å²) in [5.74, 6) is 3.32. The average molecular weight is 447 g/mol. The summed E-state index contributed by atoms with van der Waals surface area (Å²) in [4.78, 5) is 7.17. The molecule has 1 aliphatic rings. The number of hydrogen-bond acceptors (Lipinski definition) is 3. The Morgan fingerprint density at radius 2 is 1.96 bits per heavy atom. The molecule has 6 heteroatoms. The zero-order chi connectivity index (χ0) is 16.7. The molecule has 0 radical (unpaired) electrons. The van der Waals surface area contributed by atoms with Crippen molar-refractivity contribution in [3.05, 3.63) is 23.8 Å². The van der Waals surface area contributed by atoms with Gasteiger partial charge in [-0.15, -0.1) is 24.0 Å². The van der Waals surface area contributed by atoms with Crippen LogP contribution in [0.15, 0.2) is 23.2 Å². The molecule has 0 unspecified atom stereocenters. The third kappa shape index (κ3) is 5.43. The van der Waals surface area contributed by atoms with Crippen LogP contribution in [0.3, 0.4) is 0 Å². The maximum absolute atomic E-state index is 5.49. The van der Waals surface area contributed by atoms with Crippen LogP contribution in [0.1, 0.15) is 32.3 Å². The van der Waals surface area contributed by atoms with E-state index in [1.54, 1.807) is 14.2 Å². The highest BCUT2D eigenvalue weighted by Crippen LogP contribution is 2.31. The summed E-state index contributed by atoms with van der Waals surface area (Å²) in [7, 11) is 3.33. The number of guanidine groups is 1. The van der Waals surface area contributed by atoms with E-state index in [2.05, 4.69) is 24.1 Å². The van der Waals surface area contributed by atoms with E-state index in [0.717, 1.165) is 48.6 Å². The molecule has 1 aromatic rings. The number of aliphatic imine (C=N–C) groups is 1. The van der Waals surface area contributed by atoms with E-state index in [1.807, 2.05) is 18.2 Å². The summed E-state index contributed by atoms with van der Waals surface area (Å²) in [5, 5.41) is 3.41. The fourth-order valence-corrected chi connectivity index (χ4v) is 2.88. The van der Waals surface area contributed by atoms with E-state index in [9.17, 15) is 0 Å². The number of nitrogens with one attached hydrogen (secondary N) is 1. The maximum Gasteiger partial charge on any atom is 0.194 e. The molecule has 0 aromatic heterocycles. The Kier molecular flexibility index (Phi) is 9.25. The predicted molar refractivity (Wildman–Crippen MR) is 110 cm³/mol. The molecule has 1 saturated heterocycles. The molecule has 136 valence electrons. The lowest BCUT2D eigenvalue weighted by Crippen LogP contribution is -2.45. The van der Waals surface area contributed by atoms with Crippen molar-refractivity contribution in [3.8, 4) is 11.5 Å². The van der Waals surface area contributed by atoms with Crippen LogP contribution in [0.5, 0.6) is 11.5 Å². The number of ether oxygens (including phenoxy) is 2. The highest BCUT2D eigenvalue weighted by Gasteiger charge is 2.18. The van der Waals surface area contributed by atoms with Crippen LogP contribution in [0.2, 0.25) is 0 Å². The first-order valence-electron chi connectivity index (χ1n) is 8.42. The third-order valence-electron chi connectivity index (χ3n) is 4.30. The minimum Gasteiger partial charge on any atom is -0.493 e. The standard InChI is InChI=1S/C18H29N3O2.HI/c1-5-19-18(21-11-9-14(2)10-12-21)20-13-15-7-6-8-16(22-3)17(15)23-4;/h6-8,14H,5,9-13H2,1-4H3,(H,19,20);1H. The number of benzene rings is 1. The van der Waals surface area contributed by atoms with Gasteiger partial charge in [0.25, 0.3) is 0 Å². The van der Waals surface area contributed by atoms with Crippen molar-refractivity contribution >= 4 is 29.9 Å². The number of likely N-dealkylation sites (tertiary alicyclic amines) is 1. The molecule has 1 aromatic carbocycles. The molecule has 5 nitrogen and oxygen atoms in total. The molecule has 0 aliphatic carbocycles. The van der Waals surface area contributed by atoms with Gasteiger partial charge >= 0.3 is 0 Å². The van der Waals surface area contributed by atoms with E-state index in [1.165, 1.54) is 12.8 Å². The van der Waals surface area contributed by atoms with Gasteiger partial charge in [-0.2, -0.15) is 0 Å². The van der Waals surface area contributed by atoms with Gasteiger partial charge in [-0.3, -0.25) is 0 Å². The Bertz CT molecular complexity index is 529. The minimum atomic E-state index is 0. The highest BCUT2D eigenvalue weighted by molar-refractivity contribution is 14.0. The zero-order valence-corrected chi connectivity index (χ0v) is 17.5. The Morgan fingerprint density at radius 1 is 1.25 bits per heavy atom. The summed E-state index contributed by atoms with van der Waals surface area (Å²) in [6, 6.07) is 5.91. The van der Waals surface area contributed by atoms with Crippen LogP contribution in [-0.4, -0.2) is 44.7 Å². The molecule has 1 N–H and O–H groups in total. The zero-order valence-electron chi connectivity index (χ0n) is 15.2. The molecule has 0 atom stereocenters. The molecular formula is C18H30IN3O2. The van der Waals surface area contributed by atoms with Crippen molar-refractivity contribution < 1.29 is 9.47 Å². The van der Waals surface area contributed by atoms with Gasteiger partial charge in [-0.05, 0) is 31.7 Å². The lowest BCUT2D eigenvalue weighted by atomic mass is 10.00. The quantitative estimate of drug-likeness (QED) is 0.426. The van der Waals surface area contributed by atoms with Crippen molar-refractivity contribution in [1.82, 2.24) is 10.2 Å². The lowest BCUT2D eigenvalue weighted by Gasteiger charge is -2.33. The number of nitrogens with zero attached hydrogens (tertiary/aromatic N) is 2. The molecular weight excluding hydrogens is 417 g/mol. The number of rotatable bonds is 5. The van der Waals surface area contributed by atoms with Crippen LogP contribution in [0.25, 0.3) is 0 Å². The van der Waals surface area contributed by atoms with Crippen LogP contribution < -0.4 is 14.8 Å². The molecule has 2 rings (SSSR count).